The molecule has 1 heterocycles. The Bertz CT molecular complexity index is 469. The fraction of sp³-hybridized carbons (Fsp3) is 0.462. The van der Waals surface area contributed by atoms with Gasteiger partial charge in [-0.05, 0) is 18.9 Å². The summed E-state index contributed by atoms with van der Waals surface area (Å²) in [6.45, 7) is 3.52. The molecule has 0 radical (unpaired) electrons. The van der Waals surface area contributed by atoms with Crippen molar-refractivity contribution in [2.75, 3.05) is 6.54 Å². The highest BCUT2D eigenvalue weighted by molar-refractivity contribution is 5.97. The summed E-state index contributed by atoms with van der Waals surface area (Å²) in [6, 6.07) is 0.781. The second-order valence-electron chi connectivity index (χ2n) is 4.66. The normalized spacial score (nSPS) is 13.3. The van der Waals surface area contributed by atoms with Gasteiger partial charge in [0.2, 0.25) is 5.91 Å². The first-order valence-electron chi connectivity index (χ1n) is 6.22. The fourth-order valence-corrected chi connectivity index (χ4v) is 1.54. The Kier molecular flexibility index (Phi) is 5.76. The molecule has 20 heavy (non-hydrogen) atoms. The summed E-state index contributed by atoms with van der Waals surface area (Å²) in [4.78, 5) is 33.9. The Hall–Kier alpha value is -2.31. The van der Waals surface area contributed by atoms with Crippen LogP contribution in [0.2, 0.25) is 0 Å². The number of hydrogen-bond donors (Lipinski definition) is 3. The first kappa shape index (κ1) is 15.7. The molecule has 1 aromatic rings. The molecule has 0 bridgehead atoms. The third-order valence-corrected chi connectivity index (χ3v) is 2.67. The zero-order valence-corrected chi connectivity index (χ0v) is 11.4. The van der Waals surface area contributed by atoms with Crippen LogP contribution in [0, 0.1) is 5.92 Å². The lowest BCUT2D eigenvalue weighted by atomic mass is 10.1. The van der Waals surface area contributed by atoms with Crippen molar-refractivity contribution in [3.63, 3.8) is 0 Å². The molecule has 0 aliphatic heterocycles. The lowest BCUT2D eigenvalue weighted by Gasteiger charge is -2.15. The van der Waals surface area contributed by atoms with E-state index in [1.165, 1.54) is 18.6 Å². The number of carbonyl (C=O) groups is 3. The Morgan fingerprint density at radius 3 is 2.60 bits per heavy atom. The number of nitrogens with one attached hydrogen (secondary N) is 2. The van der Waals surface area contributed by atoms with Crippen LogP contribution in [0.15, 0.2) is 23.0 Å². The van der Waals surface area contributed by atoms with Crippen LogP contribution < -0.4 is 10.6 Å². The topological polar surface area (TPSA) is 109 Å². The van der Waals surface area contributed by atoms with Crippen LogP contribution in [-0.2, 0) is 9.59 Å². The Balaban J connectivity index is 2.36. The average molecular weight is 282 g/mol. The molecule has 0 spiro atoms. The van der Waals surface area contributed by atoms with Crippen LogP contribution in [0.4, 0.5) is 0 Å². The Morgan fingerprint density at radius 1 is 1.35 bits per heavy atom. The number of aliphatic carboxylic acids is 1. The molecule has 2 unspecified atom stereocenters. The van der Waals surface area contributed by atoms with Crippen LogP contribution in [-0.4, -0.2) is 35.5 Å². The molecule has 0 aliphatic rings. The minimum absolute atomic E-state index is 0.0178. The summed E-state index contributed by atoms with van der Waals surface area (Å²) in [7, 11) is 0. The van der Waals surface area contributed by atoms with Gasteiger partial charge in [0.05, 0.1) is 11.8 Å². The van der Waals surface area contributed by atoms with Crippen molar-refractivity contribution >= 4 is 17.8 Å². The molecule has 0 fully saturated rings. The number of carboxylic acids is 1. The Morgan fingerprint density at radius 2 is 2.05 bits per heavy atom. The summed E-state index contributed by atoms with van der Waals surface area (Å²) < 4.78 is 4.78. The highest BCUT2D eigenvalue weighted by Gasteiger charge is 2.18. The van der Waals surface area contributed by atoms with Crippen molar-refractivity contribution in [1.82, 2.24) is 10.6 Å². The van der Waals surface area contributed by atoms with E-state index in [2.05, 4.69) is 10.6 Å². The molecule has 7 heteroatoms. The predicted octanol–water partition coefficient (Wildman–Crippen LogP) is 0.625. The third-order valence-electron chi connectivity index (χ3n) is 2.67. The number of carbonyl (C=O) groups excluding carboxylic acids is 2. The van der Waals surface area contributed by atoms with E-state index in [0.29, 0.717) is 5.56 Å². The Labute approximate surface area is 116 Å². The zero-order valence-electron chi connectivity index (χ0n) is 11.4. The van der Waals surface area contributed by atoms with Gasteiger partial charge in [-0.1, -0.05) is 6.92 Å². The standard InChI is InChI=1S/C13H18N2O5/c1-8(5-11(16)17)6-14-12(18)9(2)15-13(19)10-3-4-20-7-10/h3-4,7-9H,5-6H2,1-2H3,(H,14,18)(H,15,19)(H,16,17). The van der Waals surface area contributed by atoms with Crippen molar-refractivity contribution in [3.8, 4) is 0 Å². The molecule has 2 atom stereocenters. The highest BCUT2D eigenvalue weighted by atomic mass is 16.4. The molecule has 0 saturated heterocycles. The largest absolute Gasteiger partial charge is 0.481 e. The second kappa shape index (κ2) is 7.32. The second-order valence-corrected chi connectivity index (χ2v) is 4.66. The van der Waals surface area contributed by atoms with Gasteiger partial charge in [0.25, 0.3) is 5.91 Å². The van der Waals surface area contributed by atoms with E-state index >= 15 is 0 Å². The zero-order chi connectivity index (χ0) is 15.1. The quantitative estimate of drug-likeness (QED) is 0.679. The van der Waals surface area contributed by atoms with Gasteiger partial charge in [-0.3, -0.25) is 14.4 Å². The number of rotatable bonds is 7. The number of hydrogen-bond acceptors (Lipinski definition) is 4. The van der Waals surface area contributed by atoms with E-state index in [1.807, 2.05) is 0 Å². The molecule has 0 aromatic carbocycles. The van der Waals surface area contributed by atoms with Crippen LogP contribution in [0.1, 0.15) is 30.6 Å². The summed E-state index contributed by atoms with van der Waals surface area (Å²) in [5.74, 6) is -1.85. The van der Waals surface area contributed by atoms with Crippen LogP contribution in [0.5, 0.6) is 0 Å². The molecule has 3 N–H and O–H groups in total. The van der Waals surface area contributed by atoms with Gasteiger partial charge in [0, 0.05) is 13.0 Å². The van der Waals surface area contributed by atoms with Gasteiger partial charge < -0.3 is 20.2 Å². The number of furan rings is 1. The van der Waals surface area contributed by atoms with Crippen molar-refractivity contribution in [1.29, 1.82) is 0 Å². The summed E-state index contributed by atoms with van der Waals surface area (Å²) in [6.07, 6.45) is 2.64. The van der Waals surface area contributed by atoms with Crippen molar-refractivity contribution in [2.45, 2.75) is 26.3 Å². The van der Waals surface area contributed by atoms with E-state index < -0.39 is 17.9 Å². The van der Waals surface area contributed by atoms with Crippen LogP contribution >= 0.6 is 0 Å². The molecule has 7 nitrogen and oxygen atoms in total. The highest BCUT2D eigenvalue weighted by Crippen LogP contribution is 2.01. The summed E-state index contributed by atoms with van der Waals surface area (Å²) >= 11 is 0. The SMILES string of the molecule is CC(CNC(=O)C(C)NC(=O)c1ccoc1)CC(=O)O. The minimum atomic E-state index is -0.909. The number of carboxylic acid groups (broad SMARTS) is 1. The summed E-state index contributed by atoms with van der Waals surface area (Å²) in [5, 5.41) is 13.7. The maximum absolute atomic E-state index is 11.7. The predicted molar refractivity (Wildman–Crippen MR) is 70.1 cm³/mol. The summed E-state index contributed by atoms with van der Waals surface area (Å²) in [5.41, 5.74) is 0.337. The van der Waals surface area contributed by atoms with Gasteiger partial charge in [-0.2, -0.15) is 0 Å². The average Bonchev–Trinajstić information content (AvgIpc) is 2.88. The fourth-order valence-electron chi connectivity index (χ4n) is 1.54. The molecular weight excluding hydrogens is 264 g/mol. The van der Waals surface area contributed by atoms with Gasteiger partial charge in [-0.25, -0.2) is 0 Å². The van der Waals surface area contributed by atoms with Crippen molar-refractivity contribution in [3.05, 3.63) is 24.2 Å². The van der Waals surface area contributed by atoms with Crippen LogP contribution in [0.3, 0.4) is 0 Å². The smallest absolute Gasteiger partial charge is 0.303 e. The molecule has 2 amide bonds. The molecule has 0 aliphatic carbocycles. The maximum atomic E-state index is 11.7. The number of amides is 2. The molecule has 1 aromatic heterocycles. The van der Waals surface area contributed by atoms with Crippen LogP contribution in [0.25, 0.3) is 0 Å². The van der Waals surface area contributed by atoms with Crippen molar-refractivity contribution < 1.29 is 23.9 Å². The molecule has 1 rings (SSSR count). The molecular formula is C13H18N2O5. The van der Waals surface area contributed by atoms with E-state index in [0.717, 1.165) is 0 Å². The minimum Gasteiger partial charge on any atom is -0.481 e. The third kappa shape index (κ3) is 5.13. The van der Waals surface area contributed by atoms with Gasteiger partial charge in [0.1, 0.15) is 12.3 Å². The van der Waals surface area contributed by atoms with E-state index in [4.69, 9.17) is 9.52 Å². The molecule has 0 saturated carbocycles. The van der Waals surface area contributed by atoms with Gasteiger partial charge in [0.15, 0.2) is 0 Å². The van der Waals surface area contributed by atoms with Gasteiger partial charge in [-0.15, -0.1) is 0 Å². The van der Waals surface area contributed by atoms with E-state index in [-0.39, 0.29) is 24.8 Å². The van der Waals surface area contributed by atoms with E-state index in [1.54, 1.807) is 13.8 Å². The van der Waals surface area contributed by atoms with Crippen molar-refractivity contribution in [2.24, 2.45) is 5.92 Å². The lowest BCUT2D eigenvalue weighted by molar-refractivity contribution is -0.138. The maximum Gasteiger partial charge on any atom is 0.303 e. The van der Waals surface area contributed by atoms with E-state index in [9.17, 15) is 14.4 Å². The molecule has 110 valence electrons. The first-order chi connectivity index (χ1) is 9.40. The monoisotopic (exact) mass is 282 g/mol. The van der Waals surface area contributed by atoms with Gasteiger partial charge >= 0.3 is 5.97 Å². The first-order valence-corrected chi connectivity index (χ1v) is 6.22. The lowest BCUT2D eigenvalue weighted by Crippen LogP contribution is -2.45.